The number of benzene rings is 1. The van der Waals surface area contributed by atoms with Gasteiger partial charge in [-0.1, -0.05) is 18.2 Å². The highest BCUT2D eigenvalue weighted by atomic mass is 35.5. The third-order valence-corrected chi connectivity index (χ3v) is 5.10. The smallest absolute Gasteiger partial charge is 0.223 e. The number of nitrogens with zero attached hydrogens (tertiary/aromatic N) is 2. The van der Waals surface area contributed by atoms with Crippen LogP contribution in [0.2, 0.25) is 0 Å². The molecule has 0 unspecified atom stereocenters. The van der Waals surface area contributed by atoms with Crippen LogP contribution >= 0.6 is 12.4 Å². The third kappa shape index (κ3) is 5.20. The summed E-state index contributed by atoms with van der Waals surface area (Å²) in [5.41, 5.74) is 4.07. The summed E-state index contributed by atoms with van der Waals surface area (Å²) in [7, 11) is 0. The monoisotopic (exact) mass is 351 g/mol. The van der Waals surface area contributed by atoms with Gasteiger partial charge in [0.2, 0.25) is 5.91 Å². The van der Waals surface area contributed by atoms with Crippen molar-refractivity contribution >= 4 is 18.3 Å². The highest BCUT2D eigenvalue weighted by Crippen LogP contribution is 2.28. The molecular weight excluding hydrogens is 322 g/mol. The molecule has 1 aliphatic carbocycles. The topological polar surface area (TPSA) is 35.6 Å². The number of carbonyl (C=O) groups is 1. The Labute approximate surface area is 152 Å². The fourth-order valence-electron chi connectivity index (χ4n) is 3.28. The van der Waals surface area contributed by atoms with Gasteiger partial charge in [0.25, 0.3) is 0 Å². The van der Waals surface area contributed by atoms with Crippen molar-refractivity contribution < 1.29 is 4.79 Å². The maximum Gasteiger partial charge on any atom is 0.223 e. The van der Waals surface area contributed by atoms with Crippen molar-refractivity contribution in [2.75, 3.05) is 32.7 Å². The third-order valence-electron chi connectivity index (χ3n) is 5.10. The van der Waals surface area contributed by atoms with E-state index in [1.54, 1.807) is 0 Å². The van der Waals surface area contributed by atoms with Crippen LogP contribution in [0.1, 0.15) is 36.0 Å². The van der Waals surface area contributed by atoms with E-state index >= 15 is 0 Å². The second-order valence-electron chi connectivity index (χ2n) is 7.00. The Morgan fingerprint density at radius 3 is 2.54 bits per heavy atom. The molecule has 24 heavy (non-hydrogen) atoms. The molecule has 5 heteroatoms. The molecule has 2 aliphatic rings. The van der Waals surface area contributed by atoms with Gasteiger partial charge in [-0.05, 0) is 43.4 Å². The van der Waals surface area contributed by atoms with Gasteiger partial charge < -0.3 is 10.2 Å². The maximum absolute atomic E-state index is 12.4. The zero-order valence-electron chi connectivity index (χ0n) is 14.9. The van der Waals surface area contributed by atoms with Crippen LogP contribution in [-0.4, -0.2) is 54.5 Å². The van der Waals surface area contributed by atoms with E-state index in [-0.39, 0.29) is 12.4 Å². The molecule has 1 saturated carbocycles. The molecule has 0 spiro atoms. The number of piperazine rings is 1. The summed E-state index contributed by atoms with van der Waals surface area (Å²) in [6, 6.07) is 7.42. The molecule has 3 rings (SSSR count). The molecule has 1 heterocycles. The fraction of sp³-hybridized carbons (Fsp3) is 0.632. The second-order valence-corrected chi connectivity index (χ2v) is 7.00. The Balaban J connectivity index is 0.00000208. The lowest BCUT2D eigenvalue weighted by Gasteiger charge is -2.29. The van der Waals surface area contributed by atoms with E-state index in [2.05, 4.69) is 42.3 Å². The first-order valence-corrected chi connectivity index (χ1v) is 8.92. The summed E-state index contributed by atoms with van der Waals surface area (Å²) in [6.07, 6.45) is 3.22. The first-order chi connectivity index (χ1) is 11.1. The van der Waals surface area contributed by atoms with E-state index in [1.165, 1.54) is 29.5 Å². The van der Waals surface area contributed by atoms with E-state index in [4.69, 9.17) is 0 Å². The average molecular weight is 352 g/mol. The van der Waals surface area contributed by atoms with E-state index in [9.17, 15) is 4.79 Å². The van der Waals surface area contributed by atoms with Gasteiger partial charge in [0.1, 0.15) is 0 Å². The second kappa shape index (κ2) is 8.84. The highest BCUT2D eigenvalue weighted by Gasteiger charge is 2.29. The summed E-state index contributed by atoms with van der Waals surface area (Å²) in [5, 5.41) is 3.30. The predicted octanol–water partition coefficient (Wildman–Crippen LogP) is 2.51. The summed E-state index contributed by atoms with van der Waals surface area (Å²) in [5.74, 6) is 0.317. The zero-order valence-corrected chi connectivity index (χ0v) is 15.7. The SMILES string of the molecule is Cc1ccc(CN(CCC(=O)N2CCNCC2)C2CC2)cc1C.Cl. The van der Waals surface area contributed by atoms with E-state index < -0.39 is 0 Å². The van der Waals surface area contributed by atoms with Crippen molar-refractivity contribution in [1.82, 2.24) is 15.1 Å². The van der Waals surface area contributed by atoms with Crippen molar-refractivity contribution in [2.24, 2.45) is 0 Å². The number of aryl methyl sites for hydroxylation is 2. The number of hydrogen-bond acceptors (Lipinski definition) is 3. The van der Waals surface area contributed by atoms with Crippen LogP contribution in [0.3, 0.4) is 0 Å². The minimum atomic E-state index is 0. The quantitative estimate of drug-likeness (QED) is 0.855. The van der Waals surface area contributed by atoms with Gasteiger partial charge in [-0.2, -0.15) is 0 Å². The minimum Gasteiger partial charge on any atom is -0.340 e. The Morgan fingerprint density at radius 1 is 1.21 bits per heavy atom. The predicted molar refractivity (Wildman–Crippen MR) is 101 cm³/mol. The van der Waals surface area contributed by atoms with Crippen LogP contribution in [0.25, 0.3) is 0 Å². The first kappa shape index (κ1) is 19.2. The lowest BCUT2D eigenvalue weighted by molar-refractivity contribution is -0.132. The highest BCUT2D eigenvalue weighted by molar-refractivity contribution is 5.85. The van der Waals surface area contributed by atoms with Crippen LogP contribution in [-0.2, 0) is 11.3 Å². The summed E-state index contributed by atoms with van der Waals surface area (Å²) < 4.78 is 0. The molecule has 134 valence electrons. The molecule has 1 saturated heterocycles. The normalized spacial score (nSPS) is 17.7. The zero-order chi connectivity index (χ0) is 16.2. The van der Waals surface area contributed by atoms with Crippen molar-refractivity contribution in [3.8, 4) is 0 Å². The van der Waals surface area contributed by atoms with Gasteiger partial charge in [0.05, 0.1) is 0 Å². The van der Waals surface area contributed by atoms with Crippen molar-refractivity contribution in [2.45, 2.75) is 45.7 Å². The van der Waals surface area contributed by atoms with Gasteiger partial charge in [0.15, 0.2) is 0 Å². The molecule has 1 aliphatic heterocycles. The van der Waals surface area contributed by atoms with Gasteiger partial charge in [-0.25, -0.2) is 0 Å². The van der Waals surface area contributed by atoms with E-state index in [1.807, 2.05) is 4.90 Å². The lowest BCUT2D eigenvalue weighted by atomic mass is 10.1. The van der Waals surface area contributed by atoms with E-state index in [0.717, 1.165) is 39.3 Å². The standard InChI is InChI=1S/C19H29N3O.ClH/c1-15-3-4-17(13-16(15)2)14-22(18-5-6-18)10-7-19(23)21-11-8-20-9-12-21;/h3-4,13,18,20H,5-12,14H2,1-2H3;1H. The number of rotatable bonds is 6. The molecule has 0 radical (unpaired) electrons. The van der Waals surface area contributed by atoms with Crippen molar-refractivity contribution in [3.05, 3.63) is 34.9 Å². The molecule has 0 bridgehead atoms. The molecule has 0 aromatic heterocycles. The van der Waals surface area contributed by atoms with Crippen LogP contribution < -0.4 is 5.32 Å². The Kier molecular flexibility index (Phi) is 7.08. The van der Waals surface area contributed by atoms with Gasteiger partial charge in [-0.15, -0.1) is 12.4 Å². The number of nitrogens with one attached hydrogen (secondary N) is 1. The number of hydrogen-bond donors (Lipinski definition) is 1. The molecule has 1 aromatic carbocycles. The van der Waals surface area contributed by atoms with Crippen LogP contribution in [0.15, 0.2) is 18.2 Å². The molecular formula is C19H30ClN3O. The molecule has 4 nitrogen and oxygen atoms in total. The number of carbonyl (C=O) groups excluding carboxylic acids is 1. The maximum atomic E-state index is 12.4. The molecule has 1 amide bonds. The number of amides is 1. The van der Waals surface area contributed by atoms with Crippen molar-refractivity contribution in [3.63, 3.8) is 0 Å². The Bertz CT molecular complexity index is 554. The van der Waals surface area contributed by atoms with Crippen molar-refractivity contribution in [1.29, 1.82) is 0 Å². The van der Waals surface area contributed by atoms with Crippen LogP contribution in [0, 0.1) is 13.8 Å². The average Bonchev–Trinajstić information content (AvgIpc) is 3.40. The van der Waals surface area contributed by atoms with E-state index in [0.29, 0.717) is 18.4 Å². The van der Waals surface area contributed by atoms with Gasteiger partial charge >= 0.3 is 0 Å². The molecule has 1 N–H and O–H groups in total. The lowest BCUT2D eigenvalue weighted by Crippen LogP contribution is -2.47. The number of halogens is 1. The molecule has 2 fully saturated rings. The first-order valence-electron chi connectivity index (χ1n) is 8.92. The largest absolute Gasteiger partial charge is 0.340 e. The van der Waals surface area contributed by atoms with Gasteiger partial charge in [0, 0.05) is 51.7 Å². The Hall–Kier alpha value is -1.10. The summed E-state index contributed by atoms with van der Waals surface area (Å²) in [4.78, 5) is 16.9. The molecule has 1 aromatic rings. The van der Waals surface area contributed by atoms with Crippen LogP contribution in [0.5, 0.6) is 0 Å². The van der Waals surface area contributed by atoms with Gasteiger partial charge in [-0.3, -0.25) is 9.69 Å². The molecule has 0 atom stereocenters. The fourth-order valence-corrected chi connectivity index (χ4v) is 3.28. The summed E-state index contributed by atoms with van der Waals surface area (Å²) in [6.45, 7) is 9.78. The minimum absolute atomic E-state index is 0. The summed E-state index contributed by atoms with van der Waals surface area (Å²) >= 11 is 0. The Morgan fingerprint density at radius 2 is 1.92 bits per heavy atom. The van der Waals surface area contributed by atoms with Crippen LogP contribution in [0.4, 0.5) is 0 Å².